The Kier molecular flexibility index (Phi) is 6.57. The molecule has 0 spiro atoms. The van der Waals surface area contributed by atoms with E-state index in [0.717, 1.165) is 18.5 Å². The Morgan fingerprint density at radius 1 is 1.26 bits per heavy atom. The lowest BCUT2D eigenvalue weighted by molar-refractivity contribution is -0.534. The number of aliphatic imine (C=N–C) groups is 1. The molecule has 1 heterocycles. The van der Waals surface area contributed by atoms with Crippen LogP contribution < -0.4 is 29.2 Å². The molecule has 23 heavy (non-hydrogen) atoms. The van der Waals surface area contributed by atoms with Gasteiger partial charge in [-0.3, -0.25) is 5.73 Å². The molecule has 1 aromatic carbocycles. The third-order valence-electron chi connectivity index (χ3n) is 3.70. The number of halogens is 3. The largest absolute Gasteiger partial charge is 1.00 e. The standard InChI is InChI=1S/C15H21Cl2N5.ClH/c1-9(2)6-7-15(3)21-13(18)20-14(19)22(15)10-4-5-11(16)12(17)8-10;/h4-5,8-9H,6-7H2,1-3H3,(H4,18,19,20,21);1H. The molecule has 5 N–H and O–H groups in total. The van der Waals surface area contributed by atoms with Crippen molar-refractivity contribution in [2.24, 2.45) is 22.4 Å². The fraction of sp³-hybridized carbons (Fsp3) is 0.467. The van der Waals surface area contributed by atoms with Crippen LogP contribution in [0.15, 0.2) is 23.2 Å². The normalized spacial score (nSPS) is 20.9. The van der Waals surface area contributed by atoms with Crippen LogP contribution in [0.3, 0.4) is 0 Å². The predicted molar refractivity (Wildman–Crippen MR) is 92.8 cm³/mol. The van der Waals surface area contributed by atoms with Gasteiger partial charge in [0.05, 0.1) is 10.0 Å². The van der Waals surface area contributed by atoms with Crippen molar-refractivity contribution in [3.8, 4) is 0 Å². The molecule has 0 aromatic heterocycles. The fourth-order valence-corrected chi connectivity index (χ4v) is 2.85. The number of rotatable bonds is 4. The van der Waals surface area contributed by atoms with Crippen molar-refractivity contribution in [3.05, 3.63) is 28.2 Å². The van der Waals surface area contributed by atoms with Crippen LogP contribution in [0.2, 0.25) is 10.0 Å². The summed E-state index contributed by atoms with van der Waals surface area (Å²) in [7, 11) is 0. The summed E-state index contributed by atoms with van der Waals surface area (Å²) in [4.78, 5) is 4.58. The summed E-state index contributed by atoms with van der Waals surface area (Å²) in [5.74, 6) is 1.30. The predicted octanol–water partition coefficient (Wildman–Crippen LogP) is 0.0264. The van der Waals surface area contributed by atoms with Gasteiger partial charge in [0.2, 0.25) is 0 Å². The number of hydrogen-bond donors (Lipinski definition) is 3. The van der Waals surface area contributed by atoms with Crippen LogP contribution in [0.25, 0.3) is 0 Å². The third-order valence-corrected chi connectivity index (χ3v) is 4.44. The maximum atomic E-state index is 6.17. The van der Waals surface area contributed by atoms with Crippen molar-refractivity contribution in [2.45, 2.75) is 39.3 Å². The minimum absolute atomic E-state index is 0. The van der Waals surface area contributed by atoms with E-state index in [4.69, 9.17) is 34.7 Å². The van der Waals surface area contributed by atoms with Gasteiger partial charge in [-0.05, 0) is 37.5 Å². The van der Waals surface area contributed by atoms with E-state index in [1.54, 1.807) is 12.1 Å². The molecule has 1 atom stereocenters. The molecule has 0 radical (unpaired) electrons. The Morgan fingerprint density at radius 2 is 1.91 bits per heavy atom. The highest BCUT2D eigenvalue weighted by Gasteiger charge is 2.38. The van der Waals surface area contributed by atoms with Gasteiger partial charge < -0.3 is 18.1 Å². The number of hydrogen-bond acceptors (Lipinski definition) is 4. The average Bonchev–Trinajstić information content (AvgIpc) is 2.39. The SMILES string of the molecule is CC(C)CCC1(C)N=C(N)NC(N)=[N+]1c1ccc(Cl)c(Cl)c1.[Cl-]. The Morgan fingerprint density at radius 3 is 2.48 bits per heavy atom. The Bertz CT molecular complexity index is 642. The van der Waals surface area contributed by atoms with Gasteiger partial charge in [-0.1, -0.05) is 37.0 Å². The number of guanidine groups is 2. The minimum atomic E-state index is -0.569. The van der Waals surface area contributed by atoms with Gasteiger partial charge in [0.25, 0.3) is 5.96 Å². The Hall–Kier alpha value is -1.17. The lowest BCUT2D eigenvalue weighted by atomic mass is 9.98. The van der Waals surface area contributed by atoms with Crippen LogP contribution >= 0.6 is 23.2 Å². The van der Waals surface area contributed by atoms with Crippen LogP contribution in [0.4, 0.5) is 5.69 Å². The summed E-state index contributed by atoms with van der Waals surface area (Å²) < 4.78 is 1.91. The summed E-state index contributed by atoms with van der Waals surface area (Å²) in [6.45, 7) is 6.36. The molecule has 2 rings (SSSR count). The molecular formula is C15H22Cl3N5. The number of benzene rings is 1. The molecule has 0 saturated heterocycles. The number of nitrogens with two attached hydrogens (primary N) is 2. The summed E-state index contributed by atoms with van der Waals surface area (Å²) in [5, 5.41) is 3.85. The van der Waals surface area contributed by atoms with Crippen molar-refractivity contribution >= 4 is 40.8 Å². The van der Waals surface area contributed by atoms with Gasteiger partial charge >= 0.3 is 5.96 Å². The first-order chi connectivity index (χ1) is 10.2. The molecule has 5 nitrogen and oxygen atoms in total. The van der Waals surface area contributed by atoms with Crippen LogP contribution in [0.1, 0.15) is 33.6 Å². The van der Waals surface area contributed by atoms with E-state index >= 15 is 0 Å². The molecule has 0 aliphatic carbocycles. The second-order valence-corrected chi connectivity index (χ2v) is 6.91. The lowest BCUT2D eigenvalue weighted by Gasteiger charge is -2.32. The Labute approximate surface area is 153 Å². The summed E-state index contributed by atoms with van der Waals surface area (Å²) >= 11 is 12.1. The second kappa shape index (κ2) is 7.60. The van der Waals surface area contributed by atoms with Crippen molar-refractivity contribution in [3.63, 3.8) is 0 Å². The average molecular weight is 379 g/mol. The molecular weight excluding hydrogens is 357 g/mol. The van der Waals surface area contributed by atoms with Crippen molar-refractivity contribution in [2.75, 3.05) is 0 Å². The number of nitrogens with one attached hydrogen (secondary N) is 1. The molecule has 128 valence electrons. The molecule has 0 bridgehead atoms. The minimum Gasteiger partial charge on any atom is -1.00 e. The zero-order chi connectivity index (χ0) is 16.5. The van der Waals surface area contributed by atoms with Crippen LogP contribution in [-0.2, 0) is 0 Å². The van der Waals surface area contributed by atoms with Crippen molar-refractivity contribution < 1.29 is 17.0 Å². The van der Waals surface area contributed by atoms with E-state index in [0.29, 0.717) is 27.9 Å². The van der Waals surface area contributed by atoms with E-state index in [2.05, 4.69) is 24.2 Å². The first-order valence-corrected chi connectivity index (χ1v) is 7.98. The second-order valence-electron chi connectivity index (χ2n) is 6.09. The zero-order valence-corrected chi connectivity index (χ0v) is 15.7. The van der Waals surface area contributed by atoms with Gasteiger partial charge in [0.15, 0.2) is 5.66 Å². The first kappa shape index (κ1) is 19.9. The highest BCUT2D eigenvalue weighted by molar-refractivity contribution is 6.42. The van der Waals surface area contributed by atoms with Gasteiger partial charge in [0.1, 0.15) is 5.69 Å². The highest BCUT2D eigenvalue weighted by atomic mass is 35.5. The maximum absolute atomic E-state index is 6.17. The van der Waals surface area contributed by atoms with E-state index in [9.17, 15) is 0 Å². The monoisotopic (exact) mass is 377 g/mol. The molecule has 1 aliphatic heterocycles. The topological polar surface area (TPSA) is 79.4 Å². The number of nitrogens with zero attached hydrogens (tertiary/aromatic N) is 2. The molecule has 1 unspecified atom stereocenters. The van der Waals surface area contributed by atoms with E-state index in [-0.39, 0.29) is 12.4 Å². The first-order valence-electron chi connectivity index (χ1n) is 7.23. The van der Waals surface area contributed by atoms with Crippen LogP contribution in [-0.4, -0.2) is 22.2 Å². The van der Waals surface area contributed by atoms with E-state index < -0.39 is 5.66 Å². The summed E-state index contributed by atoms with van der Waals surface area (Å²) in [6, 6.07) is 5.40. The Balaban J connectivity index is 0.00000264. The van der Waals surface area contributed by atoms with Crippen molar-refractivity contribution in [1.29, 1.82) is 0 Å². The molecule has 0 saturated carbocycles. The molecule has 1 aliphatic rings. The quantitative estimate of drug-likeness (QED) is 0.647. The smallest absolute Gasteiger partial charge is 0.357 e. The maximum Gasteiger partial charge on any atom is 0.357 e. The van der Waals surface area contributed by atoms with Gasteiger partial charge in [-0.2, -0.15) is 4.99 Å². The highest BCUT2D eigenvalue weighted by Crippen LogP contribution is 2.33. The molecule has 0 fully saturated rings. The van der Waals surface area contributed by atoms with E-state index in [1.807, 2.05) is 17.6 Å². The fourth-order valence-electron chi connectivity index (χ4n) is 2.56. The zero-order valence-electron chi connectivity index (χ0n) is 13.4. The summed E-state index contributed by atoms with van der Waals surface area (Å²) in [6.07, 6.45) is 1.81. The van der Waals surface area contributed by atoms with Crippen LogP contribution in [0, 0.1) is 5.92 Å². The van der Waals surface area contributed by atoms with Gasteiger partial charge in [-0.25, -0.2) is 9.89 Å². The van der Waals surface area contributed by atoms with Gasteiger partial charge in [-0.15, -0.1) is 0 Å². The van der Waals surface area contributed by atoms with Crippen LogP contribution in [0.5, 0.6) is 0 Å². The molecule has 0 amide bonds. The molecule has 1 aromatic rings. The summed E-state index contributed by atoms with van der Waals surface area (Å²) in [5.41, 5.74) is 12.3. The third kappa shape index (κ3) is 4.43. The van der Waals surface area contributed by atoms with Crippen molar-refractivity contribution in [1.82, 2.24) is 5.32 Å². The molecule has 8 heteroatoms. The van der Waals surface area contributed by atoms with E-state index in [1.165, 1.54) is 0 Å². The lowest BCUT2D eigenvalue weighted by Crippen LogP contribution is -3.00. The van der Waals surface area contributed by atoms with Gasteiger partial charge in [0, 0.05) is 6.42 Å².